The van der Waals surface area contributed by atoms with Crippen LogP contribution in [-0.4, -0.2) is 69.3 Å². The summed E-state index contributed by atoms with van der Waals surface area (Å²) in [5.41, 5.74) is 1.70. The molecule has 0 amide bonds. The summed E-state index contributed by atoms with van der Waals surface area (Å²) in [6, 6.07) is 0. The van der Waals surface area contributed by atoms with Gasteiger partial charge in [-0.25, -0.2) is 0 Å². The SMILES string of the molecule is C=C1C=CC(OCC(O)C(O)C(O)C(O)CO)C(=C)C1. The van der Waals surface area contributed by atoms with E-state index in [0.29, 0.717) is 6.42 Å². The van der Waals surface area contributed by atoms with Gasteiger partial charge in [0.15, 0.2) is 0 Å². The molecule has 6 heteroatoms. The smallest absolute Gasteiger partial charge is 0.111 e. The molecule has 20 heavy (non-hydrogen) atoms. The van der Waals surface area contributed by atoms with Crippen molar-refractivity contribution in [3.63, 3.8) is 0 Å². The standard InChI is InChI=1S/C14H22O6/c1-8-3-4-12(9(2)5-8)20-7-11(17)14(19)13(18)10(16)6-15/h3-4,10-19H,1-2,5-7H2. The van der Waals surface area contributed by atoms with Crippen molar-refractivity contribution in [1.29, 1.82) is 0 Å². The highest BCUT2D eigenvalue weighted by Crippen LogP contribution is 2.22. The fraction of sp³-hybridized carbons (Fsp3) is 0.571. The lowest BCUT2D eigenvalue weighted by molar-refractivity contribution is -0.130. The minimum Gasteiger partial charge on any atom is -0.394 e. The van der Waals surface area contributed by atoms with E-state index in [1.807, 2.05) is 0 Å². The topological polar surface area (TPSA) is 110 Å². The molecule has 6 nitrogen and oxygen atoms in total. The van der Waals surface area contributed by atoms with Crippen LogP contribution in [-0.2, 0) is 4.74 Å². The van der Waals surface area contributed by atoms with Crippen LogP contribution in [0, 0.1) is 0 Å². The Labute approximate surface area is 117 Å². The van der Waals surface area contributed by atoms with Crippen LogP contribution in [0.2, 0.25) is 0 Å². The summed E-state index contributed by atoms with van der Waals surface area (Å²) < 4.78 is 5.40. The van der Waals surface area contributed by atoms with Gasteiger partial charge in [0.2, 0.25) is 0 Å². The van der Waals surface area contributed by atoms with E-state index in [9.17, 15) is 20.4 Å². The highest BCUT2D eigenvalue weighted by Gasteiger charge is 2.30. The zero-order chi connectivity index (χ0) is 15.3. The third-order valence-corrected chi connectivity index (χ3v) is 3.14. The van der Waals surface area contributed by atoms with Crippen LogP contribution in [0.3, 0.4) is 0 Å². The van der Waals surface area contributed by atoms with Crippen molar-refractivity contribution in [3.05, 3.63) is 36.5 Å². The number of allylic oxidation sites excluding steroid dienone is 2. The molecule has 0 radical (unpaired) electrons. The molecular formula is C14H22O6. The molecule has 0 aliphatic heterocycles. The van der Waals surface area contributed by atoms with Crippen molar-refractivity contribution in [1.82, 2.24) is 0 Å². The van der Waals surface area contributed by atoms with Crippen LogP contribution in [0.5, 0.6) is 0 Å². The molecule has 0 fully saturated rings. The molecule has 0 aromatic heterocycles. The summed E-state index contributed by atoms with van der Waals surface area (Å²) in [4.78, 5) is 0. The Morgan fingerprint density at radius 2 is 1.75 bits per heavy atom. The number of hydrogen-bond donors (Lipinski definition) is 5. The molecule has 0 saturated carbocycles. The van der Waals surface area contributed by atoms with Crippen LogP contribution >= 0.6 is 0 Å². The third-order valence-electron chi connectivity index (χ3n) is 3.14. The maximum Gasteiger partial charge on any atom is 0.111 e. The monoisotopic (exact) mass is 286 g/mol. The summed E-state index contributed by atoms with van der Waals surface area (Å²) in [6.45, 7) is 6.69. The van der Waals surface area contributed by atoms with Crippen molar-refractivity contribution < 1.29 is 30.3 Å². The van der Waals surface area contributed by atoms with E-state index >= 15 is 0 Å². The lowest BCUT2D eigenvalue weighted by Crippen LogP contribution is -2.47. The minimum absolute atomic E-state index is 0.239. The molecule has 5 atom stereocenters. The largest absolute Gasteiger partial charge is 0.394 e. The van der Waals surface area contributed by atoms with Gasteiger partial charge in [0.25, 0.3) is 0 Å². The number of ether oxygens (including phenoxy) is 1. The molecular weight excluding hydrogens is 264 g/mol. The van der Waals surface area contributed by atoms with Gasteiger partial charge in [-0.1, -0.05) is 30.9 Å². The quantitative estimate of drug-likeness (QED) is 0.379. The van der Waals surface area contributed by atoms with Crippen LogP contribution in [0.1, 0.15) is 6.42 Å². The Morgan fingerprint density at radius 1 is 1.15 bits per heavy atom. The van der Waals surface area contributed by atoms with E-state index in [4.69, 9.17) is 9.84 Å². The first-order valence-electron chi connectivity index (χ1n) is 6.35. The Balaban J connectivity index is 2.46. The van der Waals surface area contributed by atoms with Gasteiger partial charge in [-0.15, -0.1) is 0 Å². The molecule has 5 N–H and O–H groups in total. The minimum atomic E-state index is -1.65. The first-order valence-corrected chi connectivity index (χ1v) is 6.35. The number of aliphatic hydroxyl groups is 5. The van der Waals surface area contributed by atoms with E-state index in [1.54, 1.807) is 12.2 Å². The summed E-state index contributed by atoms with van der Waals surface area (Å²) in [5.74, 6) is 0. The van der Waals surface area contributed by atoms with Gasteiger partial charge in [0, 0.05) is 0 Å². The van der Waals surface area contributed by atoms with Crippen LogP contribution < -0.4 is 0 Å². The van der Waals surface area contributed by atoms with E-state index in [2.05, 4.69) is 13.2 Å². The second kappa shape index (κ2) is 7.68. The highest BCUT2D eigenvalue weighted by atomic mass is 16.5. The van der Waals surface area contributed by atoms with E-state index in [-0.39, 0.29) is 12.7 Å². The van der Waals surface area contributed by atoms with Gasteiger partial charge < -0.3 is 30.3 Å². The molecule has 0 spiro atoms. The molecule has 0 saturated heterocycles. The first-order chi connectivity index (χ1) is 9.36. The Morgan fingerprint density at radius 3 is 2.30 bits per heavy atom. The molecule has 0 bridgehead atoms. The highest BCUT2D eigenvalue weighted by molar-refractivity contribution is 5.32. The fourth-order valence-corrected chi connectivity index (χ4v) is 1.85. The summed E-state index contributed by atoms with van der Waals surface area (Å²) >= 11 is 0. The van der Waals surface area contributed by atoms with Crippen LogP contribution in [0.15, 0.2) is 36.5 Å². The van der Waals surface area contributed by atoms with Crippen molar-refractivity contribution in [2.24, 2.45) is 0 Å². The summed E-state index contributed by atoms with van der Waals surface area (Å²) in [7, 11) is 0. The van der Waals surface area contributed by atoms with Crippen LogP contribution in [0.25, 0.3) is 0 Å². The Hall–Kier alpha value is -1.02. The molecule has 114 valence electrons. The van der Waals surface area contributed by atoms with Crippen molar-refractivity contribution in [3.8, 4) is 0 Å². The average Bonchev–Trinajstić information content (AvgIpc) is 2.43. The number of aliphatic hydroxyl groups excluding tert-OH is 5. The van der Waals surface area contributed by atoms with Gasteiger partial charge in [0.05, 0.1) is 19.3 Å². The Bertz CT molecular complexity index is 378. The van der Waals surface area contributed by atoms with Gasteiger partial charge in [-0.05, 0) is 12.0 Å². The average molecular weight is 286 g/mol. The van der Waals surface area contributed by atoms with Crippen molar-refractivity contribution in [2.75, 3.05) is 13.2 Å². The maximum atomic E-state index is 9.70. The Kier molecular flexibility index (Phi) is 6.54. The summed E-state index contributed by atoms with van der Waals surface area (Å²) in [5, 5.41) is 46.6. The first kappa shape index (κ1) is 17.0. The fourth-order valence-electron chi connectivity index (χ4n) is 1.85. The molecule has 1 aliphatic rings. The van der Waals surface area contributed by atoms with Crippen molar-refractivity contribution in [2.45, 2.75) is 36.9 Å². The van der Waals surface area contributed by atoms with Gasteiger partial charge in [0.1, 0.15) is 24.4 Å². The van der Waals surface area contributed by atoms with Gasteiger partial charge >= 0.3 is 0 Å². The lowest BCUT2D eigenvalue weighted by atomic mass is 9.96. The molecule has 0 heterocycles. The predicted molar refractivity (Wildman–Crippen MR) is 72.9 cm³/mol. The molecule has 1 rings (SSSR count). The predicted octanol–water partition coefficient (Wildman–Crippen LogP) is -1.12. The van der Waals surface area contributed by atoms with Gasteiger partial charge in [-0.3, -0.25) is 0 Å². The van der Waals surface area contributed by atoms with E-state index < -0.39 is 31.0 Å². The second-order valence-electron chi connectivity index (χ2n) is 4.90. The number of hydrogen-bond acceptors (Lipinski definition) is 6. The molecule has 5 unspecified atom stereocenters. The normalized spacial score (nSPS) is 25.4. The second-order valence-corrected chi connectivity index (χ2v) is 4.90. The zero-order valence-electron chi connectivity index (χ0n) is 11.2. The van der Waals surface area contributed by atoms with Gasteiger partial charge in [-0.2, -0.15) is 0 Å². The molecule has 1 aliphatic carbocycles. The van der Waals surface area contributed by atoms with Crippen LogP contribution in [0.4, 0.5) is 0 Å². The van der Waals surface area contributed by atoms with E-state index in [0.717, 1.165) is 11.1 Å². The van der Waals surface area contributed by atoms with E-state index in [1.165, 1.54) is 0 Å². The molecule has 0 aromatic rings. The number of rotatable bonds is 7. The maximum absolute atomic E-state index is 9.70. The third kappa shape index (κ3) is 4.52. The van der Waals surface area contributed by atoms with Crippen molar-refractivity contribution >= 4 is 0 Å². The zero-order valence-corrected chi connectivity index (χ0v) is 11.2. The lowest BCUT2D eigenvalue weighted by Gasteiger charge is -2.27. The molecule has 0 aromatic carbocycles. The summed E-state index contributed by atoms with van der Waals surface area (Å²) in [6.07, 6.45) is -2.42.